The predicted octanol–water partition coefficient (Wildman–Crippen LogP) is 3.36. The average molecular weight is 541 g/mol. The molecule has 202 valence electrons. The molecule has 9 nitrogen and oxygen atoms in total. The number of fused-ring (bicyclic) bond motifs is 1. The van der Waals surface area contributed by atoms with E-state index in [4.69, 9.17) is 21.1 Å². The number of amides is 1. The molecule has 1 aliphatic rings. The number of halogens is 1. The van der Waals surface area contributed by atoms with Crippen molar-refractivity contribution < 1.29 is 19.1 Å². The highest BCUT2D eigenvalue weighted by molar-refractivity contribution is 6.31. The first-order valence-corrected chi connectivity index (χ1v) is 13.0. The first kappa shape index (κ1) is 27.5. The van der Waals surface area contributed by atoms with Crippen molar-refractivity contribution in [2.75, 3.05) is 65.4 Å². The van der Waals surface area contributed by atoms with Gasteiger partial charge in [-0.25, -0.2) is 4.79 Å². The molecule has 0 aliphatic carbocycles. The minimum absolute atomic E-state index is 0.00435. The summed E-state index contributed by atoms with van der Waals surface area (Å²) in [4.78, 5) is 45.8. The van der Waals surface area contributed by atoms with Crippen LogP contribution < -0.4 is 15.2 Å². The van der Waals surface area contributed by atoms with Crippen molar-refractivity contribution in [3.63, 3.8) is 0 Å². The van der Waals surface area contributed by atoms with Crippen molar-refractivity contribution in [2.45, 2.75) is 13.5 Å². The Labute approximate surface area is 227 Å². The molecule has 1 saturated heterocycles. The van der Waals surface area contributed by atoms with Crippen LogP contribution in [0.5, 0.6) is 5.75 Å². The summed E-state index contributed by atoms with van der Waals surface area (Å²) in [5.74, 6) is -0.0571. The summed E-state index contributed by atoms with van der Waals surface area (Å²) < 4.78 is 12.1. The maximum Gasteiger partial charge on any atom is 0.345 e. The molecule has 0 spiro atoms. The number of carbonyl (C=O) groups is 2. The van der Waals surface area contributed by atoms with Crippen LogP contribution in [-0.2, 0) is 11.3 Å². The number of ether oxygens (including phenoxy) is 2. The van der Waals surface area contributed by atoms with E-state index >= 15 is 0 Å². The van der Waals surface area contributed by atoms with Crippen LogP contribution in [0, 0.1) is 0 Å². The minimum atomic E-state index is -0.662. The highest BCUT2D eigenvalue weighted by atomic mass is 35.5. The Bertz CT molecular complexity index is 1380. The second kappa shape index (κ2) is 11.9. The van der Waals surface area contributed by atoms with Crippen LogP contribution in [-0.4, -0.2) is 86.8 Å². The number of piperazine rings is 1. The molecule has 1 aliphatic heterocycles. The fraction of sp³-hybridized carbons (Fsp3) is 0.393. The van der Waals surface area contributed by atoms with E-state index in [9.17, 15) is 14.4 Å². The summed E-state index contributed by atoms with van der Waals surface area (Å²) in [6, 6.07) is 12.4. The molecule has 3 aromatic rings. The Kier molecular flexibility index (Phi) is 8.58. The van der Waals surface area contributed by atoms with Crippen LogP contribution in [0.1, 0.15) is 27.6 Å². The molecule has 10 heteroatoms. The summed E-state index contributed by atoms with van der Waals surface area (Å²) in [6.07, 6.45) is 0. The summed E-state index contributed by atoms with van der Waals surface area (Å²) in [7, 11) is 5.44. The maximum absolute atomic E-state index is 13.8. The smallest absolute Gasteiger partial charge is 0.345 e. The third-order valence-corrected chi connectivity index (χ3v) is 6.91. The molecular formula is C28H33ClN4O5. The molecule has 0 radical (unpaired) electrons. The summed E-state index contributed by atoms with van der Waals surface area (Å²) in [6.45, 7) is 4.62. The van der Waals surface area contributed by atoms with Crippen molar-refractivity contribution in [3.8, 4) is 5.75 Å². The van der Waals surface area contributed by atoms with E-state index in [1.165, 1.54) is 0 Å². The molecule has 38 heavy (non-hydrogen) atoms. The zero-order valence-corrected chi connectivity index (χ0v) is 23.0. The second-order valence-corrected chi connectivity index (χ2v) is 9.81. The maximum atomic E-state index is 13.8. The fourth-order valence-electron chi connectivity index (χ4n) is 4.70. The van der Waals surface area contributed by atoms with Gasteiger partial charge in [-0.2, -0.15) is 0 Å². The van der Waals surface area contributed by atoms with Gasteiger partial charge in [0.25, 0.3) is 11.5 Å². The van der Waals surface area contributed by atoms with Gasteiger partial charge in [-0.05, 0) is 63.5 Å². The van der Waals surface area contributed by atoms with Crippen LogP contribution in [0.15, 0.2) is 47.3 Å². The predicted molar refractivity (Wildman–Crippen MR) is 149 cm³/mol. The molecule has 4 rings (SSSR count). The molecule has 1 fully saturated rings. The Balaban J connectivity index is 1.72. The number of aromatic nitrogens is 1. The molecule has 0 unspecified atom stereocenters. The first-order valence-electron chi connectivity index (χ1n) is 12.6. The lowest BCUT2D eigenvalue weighted by molar-refractivity contribution is 0.0523. The van der Waals surface area contributed by atoms with Gasteiger partial charge >= 0.3 is 5.97 Å². The van der Waals surface area contributed by atoms with Crippen molar-refractivity contribution in [1.82, 2.24) is 14.4 Å². The zero-order chi connectivity index (χ0) is 27.4. The lowest BCUT2D eigenvalue weighted by Gasteiger charge is -2.37. The fourth-order valence-corrected chi connectivity index (χ4v) is 4.87. The first-order chi connectivity index (χ1) is 18.2. The van der Waals surface area contributed by atoms with Gasteiger partial charge in [0.1, 0.15) is 11.3 Å². The van der Waals surface area contributed by atoms with Crippen LogP contribution in [0.3, 0.4) is 0 Å². The number of benzene rings is 2. The van der Waals surface area contributed by atoms with Gasteiger partial charge in [0.15, 0.2) is 0 Å². The minimum Gasteiger partial charge on any atom is -0.497 e. The number of likely N-dealkylation sites (N-methyl/N-ethyl adjacent to an activating group) is 1. The molecule has 0 saturated carbocycles. The third-order valence-electron chi connectivity index (χ3n) is 6.67. The van der Waals surface area contributed by atoms with E-state index in [0.717, 1.165) is 0 Å². The van der Waals surface area contributed by atoms with Gasteiger partial charge in [0.05, 0.1) is 24.9 Å². The highest BCUT2D eigenvalue weighted by Gasteiger charge is 2.30. The second-order valence-electron chi connectivity index (χ2n) is 9.37. The Morgan fingerprint density at radius 3 is 2.32 bits per heavy atom. The van der Waals surface area contributed by atoms with Crippen molar-refractivity contribution >= 4 is 40.1 Å². The number of anilines is 1. The Hall–Kier alpha value is -3.56. The van der Waals surface area contributed by atoms with Crippen molar-refractivity contribution in [2.24, 2.45) is 0 Å². The van der Waals surface area contributed by atoms with Crippen LogP contribution in [0.25, 0.3) is 10.9 Å². The normalized spacial score (nSPS) is 13.7. The summed E-state index contributed by atoms with van der Waals surface area (Å²) >= 11 is 6.40. The van der Waals surface area contributed by atoms with Gasteiger partial charge < -0.3 is 28.7 Å². The lowest BCUT2D eigenvalue weighted by Crippen LogP contribution is -2.49. The topological polar surface area (TPSA) is 84.3 Å². The molecule has 1 aromatic heterocycles. The Morgan fingerprint density at radius 2 is 1.71 bits per heavy atom. The van der Waals surface area contributed by atoms with Crippen LogP contribution in [0.2, 0.25) is 5.02 Å². The molecule has 0 atom stereocenters. The van der Waals surface area contributed by atoms with E-state index in [0.29, 0.717) is 72.2 Å². The van der Waals surface area contributed by atoms with Crippen molar-refractivity contribution in [3.05, 3.63) is 69.0 Å². The number of hydrogen-bond acceptors (Lipinski definition) is 7. The number of pyridine rings is 1. The third kappa shape index (κ3) is 5.63. The number of nitrogens with zero attached hydrogens (tertiary/aromatic N) is 4. The van der Waals surface area contributed by atoms with Crippen molar-refractivity contribution in [1.29, 1.82) is 0 Å². The van der Waals surface area contributed by atoms with Gasteiger partial charge in [0.2, 0.25) is 0 Å². The van der Waals surface area contributed by atoms with E-state index in [1.807, 2.05) is 30.0 Å². The van der Waals surface area contributed by atoms with Gasteiger partial charge in [-0.1, -0.05) is 11.6 Å². The van der Waals surface area contributed by atoms with E-state index < -0.39 is 11.5 Å². The van der Waals surface area contributed by atoms with Gasteiger partial charge in [0, 0.05) is 55.2 Å². The van der Waals surface area contributed by atoms with E-state index in [2.05, 4.69) is 0 Å². The summed E-state index contributed by atoms with van der Waals surface area (Å²) in [5.41, 5.74) is 1.37. The highest BCUT2D eigenvalue weighted by Crippen LogP contribution is 2.32. The van der Waals surface area contributed by atoms with E-state index in [-0.39, 0.29) is 18.1 Å². The quantitative estimate of drug-likeness (QED) is 0.405. The Morgan fingerprint density at radius 1 is 1.03 bits per heavy atom. The van der Waals surface area contributed by atoms with Gasteiger partial charge in [-0.15, -0.1) is 0 Å². The zero-order valence-electron chi connectivity index (χ0n) is 22.2. The van der Waals surface area contributed by atoms with Crippen LogP contribution >= 0.6 is 11.6 Å². The molecule has 2 aromatic carbocycles. The molecule has 0 bridgehead atoms. The summed E-state index contributed by atoms with van der Waals surface area (Å²) in [5, 5.41) is 1.20. The number of carbonyl (C=O) groups excluding carboxylic acids is 2. The number of hydrogen-bond donors (Lipinski definition) is 0. The monoisotopic (exact) mass is 540 g/mol. The largest absolute Gasteiger partial charge is 0.497 e. The number of rotatable bonds is 8. The number of esters is 1. The van der Waals surface area contributed by atoms with E-state index in [1.54, 1.807) is 59.9 Å². The molecule has 1 amide bonds. The lowest BCUT2D eigenvalue weighted by atomic mass is 10.1. The average Bonchev–Trinajstić information content (AvgIpc) is 2.91. The molecular weight excluding hydrogens is 508 g/mol. The molecule has 0 N–H and O–H groups in total. The number of methoxy groups -OCH3 is 1. The standard InChI is InChI=1S/C28H33ClN4O5/c1-5-38-28(36)24-25(22-18-20(29)8-11-23(22)33(27(24)35)17-12-30(2)3)31-13-15-32(16-14-31)26(34)19-6-9-21(37-4)10-7-19/h6-11,18H,5,12-17H2,1-4H3. The van der Waals surface area contributed by atoms with Gasteiger partial charge in [-0.3, -0.25) is 9.59 Å². The SMILES string of the molecule is CCOC(=O)c1c(N2CCN(C(=O)c3ccc(OC)cc3)CC2)c2cc(Cl)ccc2n(CCN(C)C)c1=O. The van der Waals surface area contributed by atoms with Crippen LogP contribution in [0.4, 0.5) is 5.69 Å². The molecule has 2 heterocycles.